The van der Waals surface area contributed by atoms with Gasteiger partial charge in [-0.3, -0.25) is 0 Å². The van der Waals surface area contributed by atoms with Crippen molar-refractivity contribution in [1.82, 2.24) is 5.32 Å². The van der Waals surface area contributed by atoms with Crippen LogP contribution in [0.4, 0.5) is 5.69 Å². The Morgan fingerprint density at radius 1 is 1.14 bits per heavy atom. The molecule has 2 aromatic carbocycles. The lowest BCUT2D eigenvalue weighted by Crippen LogP contribution is -2.31. The molecule has 4 heteroatoms. The van der Waals surface area contributed by atoms with Gasteiger partial charge in [-0.05, 0) is 41.5 Å². The molecule has 22 heavy (non-hydrogen) atoms. The highest BCUT2D eigenvalue weighted by molar-refractivity contribution is 5.84. The monoisotopic (exact) mass is 295 g/mol. The Bertz CT molecular complexity index is 722. The highest BCUT2D eigenvalue weighted by Crippen LogP contribution is 2.31. The van der Waals surface area contributed by atoms with E-state index in [9.17, 15) is 0 Å². The molecule has 4 nitrogen and oxygen atoms in total. The first-order valence-electron chi connectivity index (χ1n) is 7.28. The van der Waals surface area contributed by atoms with Gasteiger partial charge < -0.3 is 20.7 Å². The predicted molar refractivity (Wildman–Crippen MR) is 91.7 cm³/mol. The van der Waals surface area contributed by atoms with E-state index in [1.54, 1.807) is 7.11 Å². The van der Waals surface area contributed by atoms with E-state index in [-0.39, 0.29) is 6.17 Å². The normalized spacial score (nSPS) is 16.4. The molecule has 3 N–H and O–H groups in total. The first kappa shape index (κ1) is 14.5. The molecule has 0 aromatic heterocycles. The molecule has 1 unspecified atom stereocenters. The van der Waals surface area contributed by atoms with Crippen LogP contribution in [0.25, 0.3) is 11.8 Å². The highest BCUT2D eigenvalue weighted by atomic mass is 16.5. The van der Waals surface area contributed by atoms with Crippen LogP contribution in [0.1, 0.15) is 22.9 Å². The van der Waals surface area contributed by atoms with Crippen LogP contribution in [0, 0.1) is 0 Å². The summed E-state index contributed by atoms with van der Waals surface area (Å²) in [6, 6.07) is 14.3. The summed E-state index contributed by atoms with van der Waals surface area (Å²) in [5.41, 5.74) is 11.8. The number of nitrogens with zero attached hydrogens (tertiary/aromatic N) is 1. The average molecular weight is 295 g/mol. The van der Waals surface area contributed by atoms with Gasteiger partial charge >= 0.3 is 0 Å². The Hall–Kier alpha value is -2.46. The third-order valence-electron chi connectivity index (χ3n) is 3.91. The number of nitrogens with one attached hydrogen (secondary N) is 1. The van der Waals surface area contributed by atoms with Crippen LogP contribution in [-0.2, 0) is 0 Å². The van der Waals surface area contributed by atoms with Crippen LogP contribution < -0.4 is 20.7 Å². The third kappa shape index (κ3) is 2.65. The van der Waals surface area contributed by atoms with Crippen molar-refractivity contribution >= 4 is 17.5 Å². The molecule has 1 heterocycles. The summed E-state index contributed by atoms with van der Waals surface area (Å²) in [4.78, 5) is 2.08. The maximum Gasteiger partial charge on any atom is 0.119 e. The molecule has 1 atom stereocenters. The van der Waals surface area contributed by atoms with E-state index in [1.165, 1.54) is 0 Å². The van der Waals surface area contributed by atoms with Crippen molar-refractivity contribution in [2.45, 2.75) is 6.17 Å². The molecule has 0 amide bonds. The number of hydrogen-bond acceptors (Lipinski definition) is 4. The first-order chi connectivity index (χ1) is 10.6. The Morgan fingerprint density at radius 2 is 1.95 bits per heavy atom. The summed E-state index contributed by atoms with van der Waals surface area (Å²) in [6.07, 6.45) is 1.91. The van der Waals surface area contributed by atoms with Crippen LogP contribution in [0.3, 0.4) is 0 Å². The molecule has 3 rings (SSSR count). The van der Waals surface area contributed by atoms with Gasteiger partial charge in [0, 0.05) is 31.0 Å². The van der Waals surface area contributed by atoms with Gasteiger partial charge in [0.05, 0.1) is 7.11 Å². The van der Waals surface area contributed by atoms with Gasteiger partial charge in [0.25, 0.3) is 0 Å². The maximum atomic E-state index is 6.31. The van der Waals surface area contributed by atoms with E-state index in [0.29, 0.717) is 0 Å². The van der Waals surface area contributed by atoms with Crippen molar-refractivity contribution in [1.29, 1.82) is 0 Å². The molecule has 0 fully saturated rings. The van der Waals surface area contributed by atoms with Gasteiger partial charge in [-0.25, -0.2) is 0 Å². The summed E-state index contributed by atoms with van der Waals surface area (Å²) in [7, 11) is 5.73. The second-order valence-electron chi connectivity index (χ2n) is 5.62. The molecule has 0 saturated heterocycles. The van der Waals surface area contributed by atoms with E-state index < -0.39 is 0 Å². The number of ether oxygens (including phenoxy) is 1. The van der Waals surface area contributed by atoms with Crippen molar-refractivity contribution in [3.63, 3.8) is 0 Å². The Morgan fingerprint density at radius 3 is 2.68 bits per heavy atom. The Balaban J connectivity index is 2.02. The number of benzene rings is 2. The van der Waals surface area contributed by atoms with Crippen LogP contribution in [-0.4, -0.2) is 21.2 Å². The fourth-order valence-electron chi connectivity index (χ4n) is 2.64. The highest BCUT2D eigenvalue weighted by Gasteiger charge is 2.19. The van der Waals surface area contributed by atoms with Gasteiger partial charge in [0.2, 0.25) is 0 Å². The van der Waals surface area contributed by atoms with Gasteiger partial charge in [0.15, 0.2) is 0 Å². The molecule has 0 saturated carbocycles. The topological polar surface area (TPSA) is 50.5 Å². The van der Waals surface area contributed by atoms with E-state index in [2.05, 4.69) is 34.5 Å². The number of nitrogens with two attached hydrogens (primary N) is 1. The molecule has 2 aromatic rings. The van der Waals surface area contributed by atoms with Crippen LogP contribution in [0.15, 0.2) is 42.5 Å². The summed E-state index contributed by atoms with van der Waals surface area (Å²) in [6.45, 7) is 0. The van der Waals surface area contributed by atoms with Gasteiger partial charge in [-0.2, -0.15) is 0 Å². The SMILES string of the molecule is COc1cccc(C2=Cc3ccc(N(C)C)cc3C(N)N2)c1. The number of anilines is 1. The minimum absolute atomic E-state index is 0.221. The van der Waals surface area contributed by atoms with Gasteiger partial charge in [-0.15, -0.1) is 0 Å². The summed E-state index contributed by atoms with van der Waals surface area (Å²) in [5, 5.41) is 3.37. The first-order valence-corrected chi connectivity index (χ1v) is 7.28. The molecule has 0 radical (unpaired) electrons. The Labute approximate surface area is 131 Å². The maximum absolute atomic E-state index is 6.31. The second-order valence-corrected chi connectivity index (χ2v) is 5.62. The lowest BCUT2D eigenvalue weighted by atomic mass is 9.97. The molecule has 0 aliphatic carbocycles. The van der Waals surface area contributed by atoms with Crippen LogP contribution in [0.2, 0.25) is 0 Å². The molecule has 0 spiro atoms. The molecular formula is C18H21N3O. The number of hydrogen-bond donors (Lipinski definition) is 2. The van der Waals surface area contributed by atoms with E-state index in [1.807, 2.05) is 38.4 Å². The Kier molecular flexibility index (Phi) is 3.77. The van der Waals surface area contributed by atoms with Crippen LogP contribution in [0.5, 0.6) is 5.75 Å². The molecular weight excluding hydrogens is 274 g/mol. The zero-order chi connectivity index (χ0) is 15.7. The van der Waals surface area contributed by atoms with Crippen molar-refractivity contribution < 1.29 is 4.74 Å². The molecule has 0 bridgehead atoms. The fraction of sp³-hybridized carbons (Fsp3) is 0.222. The van der Waals surface area contributed by atoms with Crippen molar-refractivity contribution in [3.8, 4) is 5.75 Å². The largest absolute Gasteiger partial charge is 0.497 e. The second kappa shape index (κ2) is 5.73. The van der Waals surface area contributed by atoms with Crippen molar-refractivity contribution in [2.75, 3.05) is 26.1 Å². The third-order valence-corrected chi connectivity index (χ3v) is 3.91. The number of methoxy groups -OCH3 is 1. The van der Waals surface area contributed by atoms with Gasteiger partial charge in [0.1, 0.15) is 11.9 Å². The average Bonchev–Trinajstić information content (AvgIpc) is 2.54. The predicted octanol–water partition coefficient (Wildman–Crippen LogP) is 2.82. The lowest BCUT2D eigenvalue weighted by molar-refractivity contribution is 0.414. The minimum atomic E-state index is -0.221. The van der Waals surface area contributed by atoms with Crippen molar-refractivity contribution in [3.05, 3.63) is 59.2 Å². The zero-order valence-corrected chi connectivity index (χ0v) is 13.1. The number of rotatable bonds is 3. The van der Waals surface area contributed by atoms with E-state index in [0.717, 1.165) is 33.8 Å². The number of fused-ring (bicyclic) bond motifs is 1. The van der Waals surface area contributed by atoms with E-state index in [4.69, 9.17) is 10.5 Å². The van der Waals surface area contributed by atoms with Crippen molar-refractivity contribution in [2.24, 2.45) is 5.73 Å². The van der Waals surface area contributed by atoms with Crippen LogP contribution >= 0.6 is 0 Å². The quantitative estimate of drug-likeness (QED) is 0.914. The van der Waals surface area contributed by atoms with E-state index >= 15 is 0 Å². The molecule has 1 aliphatic heterocycles. The minimum Gasteiger partial charge on any atom is -0.497 e. The summed E-state index contributed by atoms with van der Waals surface area (Å²) >= 11 is 0. The smallest absolute Gasteiger partial charge is 0.119 e. The molecule has 1 aliphatic rings. The summed E-state index contributed by atoms with van der Waals surface area (Å²) < 4.78 is 5.29. The molecule has 114 valence electrons. The summed E-state index contributed by atoms with van der Waals surface area (Å²) in [5.74, 6) is 0.836. The lowest BCUT2D eigenvalue weighted by Gasteiger charge is -2.27. The zero-order valence-electron chi connectivity index (χ0n) is 13.1. The standard InChI is InChI=1S/C18H21N3O/c1-21(2)14-8-7-12-10-17(20-18(19)16(12)11-14)13-5-4-6-15(9-13)22-3/h4-11,18,20H,19H2,1-3H3. The fourth-order valence-corrected chi connectivity index (χ4v) is 2.64. The van der Waals surface area contributed by atoms with Gasteiger partial charge in [-0.1, -0.05) is 18.2 Å².